The summed E-state index contributed by atoms with van der Waals surface area (Å²) in [6.45, 7) is 6.43. The molecule has 152 valence electrons. The first-order valence-corrected chi connectivity index (χ1v) is 9.22. The molecule has 1 N–H and O–H groups in total. The molecule has 0 fully saturated rings. The van der Waals surface area contributed by atoms with Crippen molar-refractivity contribution in [2.45, 2.75) is 20.8 Å². The number of hydrogen-bond donors (Lipinski definition) is 1. The second kappa shape index (κ2) is 9.55. The fourth-order valence-electron chi connectivity index (χ4n) is 2.55. The van der Waals surface area contributed by atoms with Crippen molar-refractivity contribution >= 4 is 23.2 Å². The molecule has 0 aliphatic carbocycles. The lowest BCUT2D eigenvalue weighted by Crippen LogP contribution is -2.14. The molecular weight excluding hydrogens is 382 g/mol. The van der Waals surface area contributed by atoms with E-state index in [2.05, 4.69) is 5.32 Å². The molecule has 0 bridgehead atoms. The molecule has 28 heavy (non-hydrogen) atoms. The highest BCUT2D eigenvalue weighted by Crippen LogP contribution is 2.37. The van der Waals surface area contributed by atoms with Crippen molar-refractivity contribution in [1.82, 2.24) is 0 Å². The normalized spacial score (nSPS) is 10.6. The summed E-state index contributed by atoms with van der Waals surface area (Å²) < 4.78 is 21.7. The number of ether oxygens (including phenoxy) is 4. The van der Waals surface area contributed by atoms with E-state index in [-0.39, 0.29) is 5.91 Å². The van der Waals surface area contributed by atoms with E-state index >= 15 is 0 Å². The van der Waals surface area contributed by atoms with Gasteiger partial charge in [0.05, 0.1) is 33.0 Å². The minimum Gasteiger partial charge on any atom is -0.493 e. The zero-order valence-corrected chi connectivity index (χ0v) is 17.8. The molecule has 0 atom stereocenters. The van der Waals surface area contributed by atoms with Crippen LogP contribution in [-0.4, -0.2) is 33.8 Å². The molecule has 6 nitrogen and oxygen atoms in total. The molecule has 0 aliphatic rings. The molecule has 2 rings (SSSR count). The molecular formula is C21H26ClNO5. The molecule has 2 aromatic rings. The Morgan fingerprint density at radius 1 is 1.00 bits per heavy atom. The van der Waals surface area contributed by atoms with Gasteiger partial charge in [-0.3, -0.25) is 4.79 Å². The number of carbonyl (C=O) groups is 1. The number of rotatable bonds is 8. The Morgan fingerprint density at radius 2 is 1.61 bits per heavy atom. The topological polar surface area (TPSA) is 66.0 Å². The van der Waals surface area contributed by atoms with Gasteiger partial charge in [-0.1, -0.05) is 25.4 Å². The standard InChI is InChI=1S/C21H26ClNO5/c1-12(2)11-28-20-15(22)8-14(9-19(20)27-6)21(24)23-16-10-18(26-5)17(25-4)7-13(16)3/h7-10,12H,11H2,1-6H3,(H,23,24). The van der Waals surface area contributed by atoms with Crippen molar-refractivity contribution in [2.75, 3.05) is 33.3 Å². The molecule has 0 saturated heterocycles. The van der Waals surface area contributed by atoms with Crippen LogP contribution in [0.2, 0.25) is 5.02 Å². The van der Waals surface area contributed by atoms with Gasteiger partial charge in [-0.05, 0) is 36.6 Å². The highest BCUT2D eigenvalue weighted by atomic mass is 35.5. The molecule has 0 heterocycles. The third kappa shape index (κ3) is 5.01. The first kappa shape index (κ1) is 21.7. The molecule has 0 unspecified atom stereocenters. The van der Waals surface area contributed by atoms with Crippen molar-refractivity contribution in [3.05, 3.63) is 40.4 Å². The first-order chi connectivity index (χ1) is 13.3. The van der Waals surface area contributed by atoms with E-state index in [0.29, 0.717) is 51.8 Å². The number of halogens is 1. The van der Waals surface area contributed by atoms with E-state index in [9.17, 15) is 4.79 Å². The Labute approximate surface area is 170 Å². The van der Waals surface area contributed by atoms with E-state index in [0.717, 1.165) is 5.56 Å². The number of carbonyl (C=O) groups excluding carboxylic acids is 1. The van der Waals surface area contributed by atoms with E-state index in [4.69, 9.17) is 30.5 Å². The average molecular weight is 408 g/mol. The van der Waals surface area contributed by atoms with Crippen LogP contribution in [0.5, 0.6) is 23.0 Å². The molecule has 1 amide bonds. The van der Waals surface area contributed by atoms with Crippen LogP contribution < -0.4 is 24.3 Å². The molecule has 2 aromatic carbocycles. The van der Waals surface area contributed by atoms with Gasteiger partial charge in [0.1, 0.15) is 0 Å². The van der Waals surface area contributed by atoms with Gasteiger partial charge in [0.2, 0.25) is 0 Å². The number of aryl methyl sites for hydroxylation is 1. The van der Waals surface area contributed by atoms with Crippen LogP contribution in [0, 0.1) is 12.8 Å². The summed E-state index contributed by atoms with van der Waals surface area (Å²) in [5, 5.41) is 3.19. The van der Waals surface area contributed by atoms with E-state index in [1.54, 1.807) is 38.5 Å². The second-order valence-corrected chi connectivity index (χ2v) is 7.08. The number of methoxy groups -OCH3 is 3. The minimum atomic E-state index is -0.328. The maximum Gasteiger partial charge on any atom is 0.255 e. The van der Waals surface area contributed by atoms with Crippen molar-refractivity contribution in [2.24, 2.45) is 5.92 Å². The third-order valence-corrected chi connectivity index (χ3v) is 4.31. The van der Waals surface area contributed by atoms with Crippen LogP contribution in [0.15, 0.2) is 24.3 Å². The SMILES string of the molecule is COc1cc(C)c(NC(=O)c2cc(Cl)c(OCC(C)C)c(OC)c2)cc1OC. The van der Waals surface area contributed by atoms with E-state index < -0.39 is 0 Å². The smallest absolute Gasteiger partial charge is 0.255 e. The summed E-state index contributed by atoms with van der Waals surface area (Å²) in [5.74, 6) is 1.95. The number of nitrogens with one attached hydrogen (secondary N) is 1. The summed E-state index contributed by atoms with van der Waals surface area (Å²) >= 11 is 6.34. The summed E-state index contributed by atoms with van der Waals surface area (Å²) in [5.41, 5.74) is 1.80. The molecule has 0 saturated carbocycles. The molecule has 0 spiro atoms. The molecule has 7 heteroatoms. The summed E-state index contributed by atoms with van der Waals surface area (Å²) in [6, 6.07) is 6.67. The van der Waals surface area contributed by atoms with Crippen molar-refractivity contribution < 1.29 is 23.7 Å². The Hall–Kier alpha value is -2.60. The van der Waals surface area contributed by atoms with Crippen molar-refractivity contribution in [1.29, 1.82) is 0 Å². The maximum atomic E-state index is 12.8. The highest BCUT2D eigenvalue weighted by molar-refractivity contribution is 6.32. The van der Waals surface area contributed by atoms with Gasteiger partial charge in [-0.25, -0.2) is 0 Å². The van der Waals surface area contributed by atoms with Gasteiger partial charge < -0.3 is 24.3 Å². The predicted molar refractivity (Wildman–Crippen MR) is 111 cm³/mol. The van der Waals surface area contributed by atoms with Crippen LogP contribution in [0.4, 0.5) is 5.69 Å². The number of benzene rings is 2. The number of anilines is 1. The minimum absolute atomic E-state index is 0.314. The zero-order valence-electron chi connectivity index (χ0n) is 17.0. The summed E-state index contributed by atoms with van der Waals surface area (Å²) in [4.78, 5) is 12.8. The Balaban J connectivity index is 2.31. The van der Waals surface area contributed by atoms with Gasteiger partial charge in [0, 0.05) is 17.3 Å². The molecule has 0 radical (unpaired) electrons. The lowest BCUT2D eigenvalue weighted by atomic mass is 10.1. The third-order valence-electron chi connectivity index (χ3n) is 4.03. The summed E-state index contributed by atoms with van der Waals surface area (Å²) in [7, 11) is 4.61. The summed E-state index contributed by atoms with van der Waals surface area (Å²) in [6.07, 6.45) is 0. The van der Waals surface area contributed by atoms with E-state index in [1.165, 1.54) is 7.11 Å². The van der Waals surface area contributed by atoms with Crippen LogP contribution in [-0.2, 0) is 0 Å². The van der Waals surface area contributed by atoms with Crippen LogP contribution in [0.1, 0.15) is 29.8 Å². The number of hydrogen-bond acceptors (Lipinski definition) is 5. The lowest BCUT2D eigenvalue weighted by molar-refractivity contribution is 0.102. The monoisotopic (exact) mass is 407 g/mol. The fourth-order valence-corrected chi connectivity index (χ4v) is 2.82. The quantitative estimate of drug-likeness (QED) is 0.669. The fraction of sp³-hybridized carbons (Fsp3) is 0.381. The van der Waals surface area contributed by atoms with Crippen LogP contribution in [0.25, 0.3) is 0 Å². The molecule has 0 aromatic heterocycles. The van der Waals surface area contributed by atoms with Gasteiger partial charge in [-0.2, -0.15) is 0 Å². The maximum absolute atomic E-state index is 12.8. The van der Waals surface area contributed by atoms with Gasteiger partial charge >= 0.3 is 0 Å². The van der Waals surface area contributed by atoms with Gasteiger partial charge in [0.15, 0.2) is 23.0 Å². The van der Waals surface area contributed by atoms with Gasteiger partial charge in [0.25, 0.3) is 5.91 Å². The Bertz CT molecular complexity index is 851. The first-order valence-electron chi connectivity index (χ1n) is 8.85. The molecule has 0 aliphatic heterocycles. The highest BCUT2D eigenvalue weighted by Gasteiger charge is 2.18. The largest absolute Gasteiger partial charge is 0.493 e. The Morgan fingerprint density at radius 3 is 2.18 bits per heavy atom. The second-order valence-electron chi connectivity index (χ2n) is 6.67. The van der Waals surface area contributed by atoms with E-state index in [1.807, 2.05) is 20.8 Å². The van der Waals surface area contributed by atoms with Crippen molar-refractivity contribution in [3.8, 4) is 23.0 Å². The lowest BCUT2D eigenvalue weighted by Gasteiger charge is -2.16. The zero-order chi connectivity index (χ0) is 20.8. The predicted octanol–water partition coefficient (Wildman–Crippen LogP) is 4.96. The van der Waals surface area contributed by atoms with Crippen molar-refractivity contribution in [3.63, 3.8) is 0 Å². The average Bonchev–Trinajstić information content (AvgIpc) is 2.67. The Kier molecular flexibility index (Phi) is 7.40. The van der Waals surface area contributed by atoms with Crippen LogP contribution in [0.3, 0.4) is 0 Å². The number of amides is 1. The van der Waals surface area contributed by atoms with Gasteiger partial charge in [-0.15, -0.1) is 0 Å². The van der Waals surface area contributed by atoms with Crippen LogP contribution >= 0.6 is 11.6 Å².